The molecule has 3 aromatic rings. The first-order valence-electron chi connectivity index (χ1n) is 7.72. The summed E-state index contributed by atoms with van der Waals surface area (Å²) >= 11 is 0. The van der Waals surface area contributed by atoms with Gasteiger partial charge >= 0.3 is 0 Å². The van der Waals surface area contributed by atoms with Crippen molar-refractivity contribution in [3.05, 3.63) is 71.4 Å². The number of H-pyrrole nitrogens is 1. The highest BCUT2D eigenvalue weighted by Gasteiger charge is 2.28. The second kappa shape index (κ2) is 5.05. The molecular weight excluding hydrogens is 256 g/mol. The lowest BCUT2D eigenvalue weighted by Crippen LogP contribution is -2.33. The number of aromatic amines is 1. The number of aromatic nitrogens is 1. The van der Waals surface area contributed by atoms with Crippen molar-refractivity contribution in [3.63, 3.8) is 0 Å². The summed E-state index contributed by atoms with van der Waals surface area (Å²) in [7, 11) is 0. The van der Waals surface area contributed by atoms with E-state index in [9.17, 15) is 0 Å². The summed E-state index contributed by atoms with van der Waals surface area (Å²) in [6.07, 6.45) is 1.11. The minimum atomic E-state index is 0.364. The highest BCUT2D eigenvalue weighted by molar-refractivity contribution is 5.85. The van der Waals surface area contributed by atoms with Gasteiger partial charge in [-0.3, -0.25) is 0 Å². The molecule has 2 aromatic carbocycles. The van der Waals surface area contributed by atoms with Gasteiger partial charge in [0.25, 0.3) is 0 Å². The van der Waals surface area contributed by atoms with Crippen molar-refractivity contribution in [2.45, 2.75) is 25.3 Å². The highest BCUT2D eigenvalue weighted by atomic mass is 15.0. The van der Waals surface area contributed by atoms with Crippen LogP contribution in [0.15, 0.2) is 54.6 Å². The van der Waals surface area contributed by atoms with Crippen LogP contribution in [-0.4, -0.2) is 11.5 Å². The van der Waals surface area contributed by atoms with Crippen molar-refractivity contribution in [1.29, 1.82) is 0 Å². The summed E-state index contributed by atoms with van der Waals surface area (Å²) in [6.45, 7) is 3.37. The molecule has 1 aliphatic rings. The first-order chi connectivity index (χ1) is 10.3. The third-order valence-corrected chi connectivity index (χ3v) is 4.72. The molecule has 2 atom stereocenters. The molecule has 0 spiro atoms. The summed E-state index contributed by atoms with van der Waals surface area (Å²) in [5.74, 6) is 0.457. The predicted molar refractivity (Wildman–Crippen MR) is 87.6 cm³/mol. The van der Waals surface area contributed by atoms with Crippen LogP contribution in [-0.2, 0) is 6.42 Å². The minimum absolute atomic E-state index is 0.364. The topological polar surface area (TPSA) is 27.8 Å². The van der Waals surface area contributed by atoms with Gasteiger partial charge in [0.1, 0.15) is 0 Å². The SMILES string of the molecule is CC(c1ccccc1)C1NCCc2c1[nH]c1ccccc21. The highest BCUT2D eigenvalue weighted by Crippen LogP contribution is 2.37. The standard InChI is InChI=1S/C19H20N2/c1-13(14-7-3-2-4-8-14)18-19-16(11-12-20-18)15-9-5-6-10-17(15)21-19/h2-10,13,18,20-21H,11-12H2,1H3. The third-order valence-electron chi connectivity index (χ3n) is 4.72. The number of benzene rings is 2. The Morgan fingerprint density at radius 3 is 2.62 bits per heavy atom. The second-order valence-corrected chi connectivity index (χ2v) is 5.94. The van der Waals surface area contributed by atoms with Crippen LogP contribution < -0.4 is 5.32 Å². The number of para-hydroxylation sites is 1. The molecule has 0 aliphatic carbocycles. The van der Waals surface area contributed by atoms with Gasteiger partial charge in [-0.1, -0.05) is 55.5 Å². The quantitative estimate of drug-likeness (QED) is 0.722. The molecule has 4 rings (SSSR count). The Kier molecular flexibility index (Phi) is 3.04. The second-order valence-electron chi connectivity index (χ2n) is 5.94. The van der Waals surface area contributed by atoms with Gasteiger partial charge in [0.15, 0.2) is 0 Å². The van der Waals surface area contributed by atoms with Crippen LogP contribution in [0, 0.1) is 0 Å². The van der Waals surface area contributed by atoms with E-state index in [0.29, 0.717) is 12.0 Å². The summed E-state index contributed by atoms with van der Waals surface area (Å²) in [6, 6.07) is 19.8. The maximum absolute atomic E-state index is 3.70. The lowest BCUT2D eigenvalue weighted by molar-refractivity contribution is 0.438. The van der Waals surface area contributed by atoms with E-state index in [1.54, 1.807) is 0 Å². The van der Waals surface area contributed by atoms with Crippen LogP contribution in [0.3, 0.4) is 0 Å². The number of rotatable bonds is 2. The number of fused-ring (bicyclic) bond motifs is 3. The zero-order chi connectivity index (χ0) is 14.2. The normalized spacial score (nSPS) is 19.4. The summed E-state index contributed by atoms with van der Waals surface area (Å²) in [5.41, 5.74) is 5.52. The minimum Gasteiger partial charge on any atom is -0.357 e. The Hall–Kier alpha value is -2.06. The van der Waals surface area contributed by atoms with Gasteiger partial charge in [-0.2, -0.15) is 0 Å². The van der Waals surface area contributed by atoms with Crippen molar-refractivity contribution in [1.82, 2.24) is 10.3 Å². The van der Waals surface area contributed by atoms with E-state index in [4.69, 9.17) is 0 Å². The van der Waals surface area contributed by atoms with Crippen LogP contribution in [0.2, 0.25) is 0 Å². The summed E-state index contributed by atoms with van der Waals surface area (Å²) < 4.78 is 0. The van der Waals surface area contributed by atoms with E-state index in [0.717, 1.165) is 13.0 Å². The molecule has 1 aliphatic heterocycles. The predicted octanol–water partition coefficient (Wildman–Crippen LogP) is 4.16. The monoisotopic (exact) mass is 276 g/mol. The van der Waals surface area contributed by atoms with Gasteiger partial charge in [0.2, 0.25) is 0 Å². The van der Waals surface area contributed by atoms with Gasteiger partial charge in [0.05, 0.1) is 6.04 Å². The Labute approximate surface area is 125 Å². The molecule has 2 heteroatoms. The largest absolute Gasteiger partial charge is 0.357 e. The van der Waals surface area contributed by atoms with Gasteiger partial charge in [-0.15, -0.1) is 0 Å². The Bertz CT molecular complexity index is 758. The fourth-order valence-electron chi connectivity index (χ4n) is 3.59. The van der Waals surface area contributed by atoms with Crippen LogP contribution in [0.4, 0.5) is 0 Å². The molecule has 0 fully saturated rings. The molecule has 2 N–H and O–H groups in total. The smallest absolute Gasteiger partial charge is 0.0543 e. The molecule has 0 saturated carbocycles. The molecule has 0 radical (unpaired) electrons. The van der Waals surface area contributed by atoms with Crippen molar-refractivity contribution < 1.29 is 0 Å². The molecule has 0 saturated heterocycles. The van der Waals surface area contributed by atoms with Gasteiger partial charge in [-0.05, 0) is 30.2 Å². The average Bonchev–Trinajstić information content (AvgIpc) is 2.94. The van der Waals surface area contributed by atoms with Crippen LogP contribution in [0.25, 0.3) is 10.9 Å². The molecular formula is C19H20N2. The fourth-order valence-corrected chi connectivity index (χ4v) is 3.59. The van der Waals surface area contributed by atoms with Crippen LogP contribution in [0.1, 0.15) is 35.7 Å². The number of hydrogen-bond acceptors (Lipinski definition) is 1. The van der Waals surface area contributed by atoms with Gasteiger partial charge in [0, 0.05) is 22.5 Å². The van der Waals surface area contributed by atoms with Crippen molar-refractivity contribution in [3.8, 4) is 0 Å². The maximum Gasteiger partial charge on any atom is 0.0543 e. The molecule has 21 heavy (non-hydrogen) atoms. The van der Waals surface area contributed by atoms with Crippen LogP contribution in [0.5, 0.6) is 0 Å². The van der Waals surface area contributed by atoms with Crippen molar-refractivity contribution >= 4 is 10.9 Å². The average molecular weight is 276 g/mol. The van der Waals surface area contributed by atoms with E-state index in [1.165, 1.54) is 27.7 Å². The van der Waals surface area contributed by atoms with E-state index in [-0.39, 0.29) is 0 Å². The number of hydrogen-bond donors (Lipinski definition) is 2. The molecule has 1 aromatic heterocycles. The number of nitrogens with one attached hydrogen (secondary N) is 2. The lowest BCUT2D eigenvalue weighted by atomic mass is 9.87. The van der Waals surface area contributed by atoms with Crippen molar-refractivity contribution in [2.75, 3.05) is 6.54 Å². The molecule has 2 unspecified atom stereocenters. The zero-order valence-corrected chi connectivity index (χ0v) is 12.3. The van der Waals surface area contributed by atoms with E-state index in [1.807, 2.05) is 0 Å². The molecule has 106 valence electrons. The fraction of sp³-hybridized carbons (Fsp3) is 0.263. The summed E-state index contributed by atoms with van der Waals surface area (Å²) in [5, 5.41) is 5.09. The van der Waals surface area contributed by atoms with E-state index in [2.05, 4.69) is 71.8 Å². The third kappa shape index (κ3) is 2.07. The first kappa shape index (κ1) is 12.7. The van der Waals surface area contributed by atoms with E-state index >= 15 is 0 Å². The Morgan fingerprint density at radius 2 is 1.76 bits per heavy atom. The summed E-state index contributed by atoms with van der Waals surface area (Å²) in [4.78, 5) is 3.65. The molecule has 2 heterocycles. The lowest BCUT2D eigenvalue weighted by Gasteiger charge is -2.30. The van der Waals surface area contributed by atoms with Gasteiger partial charge < -0.3 is 10.3 Å². The molecule has 0 amide bonds. The molecule has 2 nitrogen and oxygen atoms in total. The van der Waals surface area contributed by atoms with Gasteiger partial charge in [-0.25, -0.2) is 0 Å². The Morgan fingerprint density at radius 1 is 1.00 bits per heavy atom. The van der Waals surface area contributed by atoms with Crippen LogP contribution >= 0.6 is 0 Å². The maximum atomic E-state index is 3.70. The molecule has 0 bridgehead atoms. The first-order valence-corrected chi connectivity index (χ1v) is 7.72. The van der Waals surface area contributed by atoms with E-state index < -0.39 is 0 Å². The van der Waals surface area contributed by atoms with Crippen molar-refractivity contribution in [2.24, 2.45) is 0 Å². The zero-order valence-electron chi connectivity index (χ0n) is 12.3. The Balaban J connectivity index is 1.80.